The quantitative estimate of drug-likeness (QED) is 0.939. The zero-order valence-electron chi connectivity index (χ0n) is 11.4. The molecular formula is C15H15F3N2O. The highest BCUT2D eigenvalue weighted by atomic mass is 19.4. The van der Waals surface area contributed by atoms with Gasteiger partial charge in [0.05, 0.1) is 11.7 Å². The predicted molar refractivity (Wildman–Crippen MR) is 72.7 cm³/mol. The van der Waals surface area contributed by atoms with Gasteiger partial charge in [0.25, 0.3) is 0 Å². The molecule has 0 aliphatic heterocycles. The first-order valence-corrected chi connectivity index (χ1v) is 6.36. The number of rotatable bonds is 4. The number of halogens is 3. The van der Waals surface area contributed by atoms with Crippen molar-refractivity contribution in [1.29, 1.82) is 0 Å². The van der Waals surface area contributed by atoms with Gasteiger partial charge in [-0.1, -0.05) is 12.1 Å². The van der Waals surface area contributed by atoms with Gasteiger partial charge in [-0.25, -0.2) is 0 Å². The topological polar surface area (TPSA) is 48.1 Å². The first kappa shape index (κ1) is 15.3. The van der Waals surface area contributed by atoms with Crippen molar-refractivity contribution in [3.8, 4) is 5.75 Å². The van der Waals surface area contributed by atoms with Crippen molar-refractivity contribution >= 4 is 0 Å². The van der Waals surface area contributed by atoms with Gasteiger partial charge < -0.3 is 10.5 Å². The molecule has 21 heavy (non-hydrogen) atoms. The Morgan fingerprint density at radius 1 is 1.19 bits per heavy atom. The predicted octanol–water partition coefficient (Wildman–Crippen LogP) is 3.53. The fourth-order valence-corrected chi connectivity index (χ4v) is 1.95. The van der Waals surface area contributed by atoms with Crippen LogP contribution in [0.2, 0.25) is 0 Å². The Morgan fingerprint density at radius 3 is 2.43 bits per heavy atom. The van der Waals surface area contributed by atoms with E-state index in [-0.39, 0.29) is 11.8 Å². The molecule has 0 amide bonds. The van der Waals surface area contributed by atoms with Crippen LogP contribution in [0.4, 0.5) is 13.2 Å². The largest absolute Gasteiger partial charge is 0.573 e. The lowest BCUT2D eigenvalue weighted by Gasteiger charge is -2.13. The number of nitrogens with zero attached hydrogens (tertiary/aromatic N) is 1. The second-order valence-corrected chi connectivity index (χ2v) is 4.76. The summed E-state index contributed by atoms with van der Waals surface area (Å²) in [4.78, 5) is 4.20. The Balaban J connectivity index is 2.03. The van der Waals surface area contributed by atoms with Crippen LogP contribution in [0, 0.1) is 6.92 Å². The van der Waals surface area contributed by atoms with Crippen molar-refractivity contribution in [1.82, 2.24) is 4.98 Å². The minimum Gasteiger partial charge on any atom is -0.406 e. The van der Waals surface area contributed by atoms with E-state index >= 15 is 0 Å². The van der Waals surface area contributed by atoms with Crippen LogP contribution in [-0.4, -0.2) is 11.3 Å². The molecule has 0 bridgehead atoms. The summed E-state index contributed by atoms with van der Waals surface area (Å²) in [6.45, 7) is 1.95. The fourth-order valence-electron chi connectivity index (χ4n) is 1.95. The summed E-state index contributed by atoms with van der Waals surface area (Å²) in [6.07, 6.45) is -2.50. The van der Waals surface area contributed by atoms with E-state index < -0.39 is 6.36 Å². The van der Waals surface area contributed by atoms with Gasteiger partial charge in [-0.05, 0) is 48.7 Å². The summed E-state index contributed by atoms with van der Waals surface area (Å²) in [7, 11) is 0. The Bertz CT molecular complexity index is 597. The third-order valence-corrected chi connectivity index (χ3v) is 2.93. The monoisotopic (exact) mass is 296 g/mol. The molecule has 2 rings (SSSR count). The molecule has 2 aromatic rings. The molecular weight excluding hydrogens is 281 g/mol. The SMILES string of the molecule is Cc1ccnc(C(N)Cc2ccc(OC(F)(F)F)cc2)c1. The van der Waals surface area contributed by atoms with Gasteiger partial charge in [0.15, 0.2) is 0 Å². The van der Waals surface area contributed by atoms with Crippen LogP contribution in [0.15, 0.2) is 42.6 Å². The second-order valence-electron chi connectivity index (χ2n) is 4.76. The minimum absolute atomic E-state index is 0.242. The molecule has 1 unspecified atom stereocenters. The highest BCUT2D eigenvalue weighted by Gasteiger charge is 2.30. The van der Waals surface area contributed by atoms with Gasteiger partial charge >= 0.3 is 6.36 Å². The first-order valence-electron chi connectivity index (χ1n) is 6.36. The maximum Gasteiger partial charge on any atom is 0.573 e. The zero-order valence-corrected chi connectivity index (χ0v) is 11.4. The number of benzene rings is 1. The summed E-state index contributed by atoms with van der Waals surface area (Å²) in [6, 6.07) is 9.15. The number of pyridine rings is 1. The van der Waals surface area contributed by atoms with E-state index in [0.29, 0.717) is 6.42 Å². The summed E-state index contributed by atoms with van der Waals surface area (Å²) in [5.74, 6) is -0.242. The number of hydrogen-bond donors (Lipinski definition) is 1. The lowest BCUT2D eigenvalue weighted by atomic mass is 10.0. The zero-order chi connectivity index (χ0) is 15.5. The van der Waals surface area contributed by atoms with Crippen LogP contribution in [-0.2, 0) is 6.42 Å². The Labute approximate surface area is 120 Å². The van der Waals surface area contributed by atoms with Crippen LogP contribution >= 0.6 is 0 Å². The van der Waals surface area contributed by atoms with E-state index in [1.165, 1.54) is 12.1 Å². The molecule has 0 spiro atoms. The van der Waals surface area contributed by atoms with Crippen LogP contribution in [0.5, 0.6) is 5.75 Å². The molecule has 1 aromatic carbocycles. The molecule has 1 aromatic heterocycles. The van der Waals surface area contributed by atoms with Gasteiger partial charge in [0, 0.05) is 6.20 Å². The van der Waals surface area contributed by atoms with Crippen molar-refractivity contribution in [3.05, 3.63) is 59.4 Å². The molecule has 0 aliphatic carbocycles. The lowest BCUT2D eigenvalue weighted by molar-refractivity contribution is -0.274. The van der Waals surface area contributed by atoms with Gasteiger partial charge in [0.1, 0.15) is 5.75 Å². The van der Waals surface area contributed by atoms with E-state index in [0.717, 1.165) is 16.8 Å². The van der Waals surface area contributed by atoms with Gasteiger partial charge in [-0.15, -0.1) is 13.2 Å². The van der Waals surface area contributed by atoms with Crippen LogP contribution in [0.3, 0.4) is 0 Å². The summed E-state index contributed by atoms with van der Waals surface area (Å²) in [5, 5.41) is 0. The van der Waals surface area contributed by atoms with Crippen molar-refractivity contribution in [2.45, 2.75) is 25.7 Å². The molecule has 0 saturated carbocycles. The molecule has 6 heteroatoms. The van der Waals surface area contributed by atoms with Crippen molar-refractivity contribution in [3.63, 3.8) is 0 Å². The van der Waals surface area contributed by atoms with Gasteiger partial charge in [-0.3, -0.25) is 4.98 Å². The number of aryl methyl sites for hydroxylation is 1. The summed E-state index contributed by atoms with van der Waals surface area (Å²) >= 11 is 0. The average Bonchev–Trinajstić information content (AvgIpc) is 2.39. The van der Waals surface area contributed by atoms with Crippen LogP contribution in [0.1, 0.15) is 22.9 Å². The third-order valence-electron chi connectivity index (χ3n) is 2.93. The third kappa shape index (κ3) is 4.75. The van der Waals surface area contributed by atoms with Gasteiger partial charge in [0.2, 0.25) is 0 Å². The van der Waals surface area contributed by atoms with Gasteiger partial charge in [-0.2, -0.15) is 0 Å². The van der Waals surface area contributed by atoms with Crippen molar-refractivity contribution in [2.75, 3.05) is 0 Å². The Kier molecular flexibility index (Phi) is 4.47. The van der Waals surface area contributed by atoms with E-state index in [1.807, 2.05) is 19.1 Å². The molecule has 0 aliphatic rings. The number of hydrogen-bond acceptors (Lipinski definition) is 3. The molecule has 2 N–H and O–H groups in total. The van der Waals surface area contributed by atoms with E-state index in [4.69, 9.17) is 5.73 Å². The first-order chi connectivity index (χ1) is 9.83. The average molecular weight is 296 g/mol. The number of ether oxygens (including phenoxy) is 1. The lowest BCUT2D eigenvalue weighted by Crippen LogP contribution is -2.17. The van der Waals surface area contributed by atoms with Crippen LogP contribution in [0.25, 0.3) is 0 Å². The molecule has 3 nitrogen and oxygen atoms in total. The molecule has 0 radical (unpaired) electrons. The Morgan fingerprint density at radius 2 is 1.86 bits per heavy atom. The summed E-state index contributed by atoms with van der Waals surface area (Å²) in [5.41, 5.74) is 8.70. The standard InChI is InChI=1S/C15H15F3N2O/c1-10-6-7-20-14(8-10)13(19)9-11-2-4-12(5-3-11)21-15(16,17)18/h2-8,13H,9,19H2,1H3. The molecule has 1 atom stereocenters. The van der Waals surface area contributed by atoms with E-state index in [9.17, 15) is 13.2 Å². The minimum atomic E-state index is -4.68. The van der Waals surface area contributed by atoms with Crippen molar-refractivity contribution < 1.29 is 17.9 Å². The molecule has 112 valence electrons. The number of alkyl halides is 3. The van der Waals surface area contributed by atoms with E-state index in [1.54, 1.807) is 18.3 Å². The van der Waals surface area contributed by atoms with Crippen LogP contribution < -0.4 is 10.5 Å². The number of aromatic nitrogens is 1. The highest BCUT2D eigenvalue weighted by Crippen LogP contribution is 2.24. The smallest absolute Gasteiger partial charge is 0.406 e. The number of nitrogens with two attached hydrogens (primary N) is 1. The van der Waals surface area contributed by atoms with E-state index in [2.05, 4.69) is 9.72 Å². The second kappa shape index (κ2) is 6.13. The molecule has 0 saturated heterocycles. The maximum atomic E-state index is 12.1. The normalized spacial score (nSPS) is 13.0. The molecule has 1 heterocycles. The Hall–Kier alpha value is -2.08. The van der Waals surface area contributed by atoms with Crippen molar-refractivity contribution in [2.24, 2.45) is 5.73 Å². The highest BCUT2D eigenvalue weighted by molar-refractivity contribution is 5.29. The molecule has 0 fully saturated rings. The fraction of sp³-hybridized carbons (Fsp3) is 0.267. The maximum absolute atomic E-state index is 12.1. The summed E-state index contributed by atoms with van der Waals surface area (Å²) < 4.78 is 40.0.